The molecule has 0 spiro atoms. The molecule has 4 bridgehead atoms. The molecule has 4 aliphatic carbocycles. The number of rotatable bonds is 4. The number of aliphatic hydroxyl groups is 1. The molecule has 3 N–H and O–H groups in total. The average Bonchev–Trinajstić information content (AvgIpc) is 2.63. The molecule has 1 heterocycles. The van der Waals surface area contributed by atoms with Gasteiger partial charge < -0.3 is 10.4 Å². The first kappa shape index (κ1) is 18.1. The minimum atomic E-state index is -0.441. The predicted octanol–water partition coefficient (Wildman–Crippen LogP) is 2.98. The highest BCUT2D eigenvalue weighted by molar-refractivity contribution is 5.83. The summed E-state index contributed by atoms with van der Waals surface area (Å²) in [7, 11) is 0. The molecule has 5 heteroatoms. The third kappa shape index (κ3) is 2.77. The van der Waals surface area contributed by atoms with Crippen molar-refractivity contribution in [2.45, 2.75) is 62.6 Å². The van der Waals surface area contributed by atoms with Gasteiger partial charge in [-0.25, -0.2) is 4.48 Å². The molecule has 5 aliphatic rings. The Morgan fingerprint density at radius 1 is 1.21 bits per heavy atom. The maximum Gasteiger partial charge on any atom is 0.309 e. The number of hydrogen-bond donors (Lipinski definition) is 3. The first-order chi connectivity index (χ1) is 13.4. The van der Waals surface area contributed by atoms with Crippen LogP contribution in [0.2, 0.25) is 0 Å². The van der Waals surface area contributed by atoms with Crippen molar-refractivity contribution in [3.8, 4) is 6.19 Å². The summed E-state index contributed by atoms with van der Waals surface area (Å²) >= 11 is 0. The van der Waals surface area contributed by atoms with Crippen LogP contribution in [0.15, 0.2) is 30.3 Å². The Labute approximate surface area is 167 Å². The van der Waals surface area contributed by atoms with Crippen LogP contribution in [0, 0.1) is 34.6 Å². The Morgan fingerprint density at radius 3 is 2.43 bits per heavy atom. The fraction of sp³-hybridized carbons (Fsp3) is 0.652. The number of likely N-dealkylation sites (tertiary alicyclic amines) is 1. The zero-order valence-electron chi connectivity index (χ0n) is 16.6. The minimum Gasteiger partial charge on any atom is -0.390 e. The highest BCUT2D eigenvalue weighted by Crippen LogP contribution is 2.55. The zero-order valence-corrected chi connectivity index (χ0v) is 16.6. The van der Waals surface area contributed by atoms with Gasteiger partial charge in [0.2, 0.25) is 0 Å². The summed E-state index contributed by atoms with van der Waals surface area (Å²) in [5.74, 6) is 2.55. The van der Waals surface area contributed by atoms with Crippen molar-refractivity contribution in [3.63, 3.8) is 0 Å². The van der Waals surface area contributed by atoms with Crippen molar-refractivity contribution in [1.82, 2.24) is 5.32 Å². The second-order valence-corrected chi connectivity index (χ2v) is 10.1. The first-order valence-corrected chi connectivity index (χ1v) is 10.8. The predicted molar refractivity (Wildman–Crippen MR) is 107 cm³/mol. The van der Waals surface area contributed by atoms with Crippen LogP contribution in [0.25, 0.3) is 0 Å². The van der Waals surface area contributed by atoms with Crippen LogP contribution in [0.3, 0.4) is 0 Å². The summed E-state index contributed by atoms with van der Waals surface area (Å²) in [6.45, 7) is 3.60. The minimum absolute atomic E-state index is 0.134. The first-order valence-electron chi connectivity index (χ1n) is 10.8. The lowest BCUT2D eigenvalue weighted by atomic mass is 9.52. The maximum atomic E-state index is 10.8. The monoisotopic (exact) mass is 379 g/mol. The van der Waals surface area contributed by atoms with Crippen LogP contribution in [0.5, 0.6) is 0 Å². The van der Waals surface area contributed by atoms with Crippen molar-refractivity contribution in [2.24, 2.45) is 17.8 Å². The van der Waals surface area contributed by atoms with Crippen molar-refractivity contribution in [1.29, 1.82) is 10.7 Å². The lowest BCUT2D eigenvalue weighted by molar-refractivity contribution is -0.921. The lowest BCUT2D eigenvalue weighted by Gasteiger charge is -2.58. The summed E-state index contributed by atoms with van der Waals surface area (Å²) in [5.41, 5.74) is 0.857. The topological polar surface area (TPSA) is 79.9 Å². The van der Waals surface area contributed by atoms with Gasteiger partial charge in [0.25, 0.3) is 0 Å². The summed E-state index contributed by atoms with van der Waals surface area (Å²) in [5, 5.41) is 33.0. The van der Waals surface area contributed by atoms with Crippen molar-refractivity contribution in [3.05, 3.63) is 35.9 Å². The van der Waals surface area contributed by atoms with E-state index in [1.54, 1.807) is 0 Å². The number of nitrogens with zero attached hydrogens (tertiary/aromatic N) is 2. The zero-order chi connectivity index (χ0) is 19.5. The van der Waals surface area contributed by atoms with Crippen molar-refractivity contribution < 1.29 is 9.59 Å². The van der Waals surface area contributed by atoms with E-state index in [2.05, 4.69) is 35.8 Å². The molecule has 3 unspecified atom stereocenters. The molecule has 0 amide bonds. The maximum absolute atomic E-state index is 10.8. The third-order valence-electron chi connectivity index (χ3n) is 8.28. The van der Waals surface area contributed by atoms with E-state index in [4.69, 9.17) is 5.41 Å². The van der Waals surface area contributed by atoms with E-state index in [1.807, 2.05) is 13.0 Å². The van der Waals surface area contributed by atoms with E-state index >= 15 is 0 Å². The SMILES string of the molecule is CC(C(=N)NC1C2CC3CC1CC(O)(C3)C2)[N+]1(C#N)CC(c2ccccc2)C1. The van der Waals surface area contributed by atoms with Crippen LogP contribution < -0.4 is 5.32 Å². The van der Waals surface area contributed by atoms with Gasteiger partial charge in [0.05, 0.1) is 11.5 Å². The summed E-state index contributed by atoms with van der Waals surface area (Å²) in [4.78, 5) is 0. The van der Waals surface area contributed by atoms with Gasteiger partial charge in [-0.2, -0.15) is 0 Å². The van der Waals surface area contributed by atoms with Gasteiger partial charge in [-0.3, -0.25) is 5.41 Å². The average molecular weight is 380 g/mol. The molecule has 5 fully saturated rings. The third-order valence-corrected chi connectivity index (χ3v) is 8.28. The molecule has 4 saturated carbocycles. The second kappa shape index (κ2) is 6.30. The number of nitrogens with one attached hydrogen (secondary N) is 2. The van der Waals surface area contributed by atoms with Crippen LogP contribution in [0.4, 0.5) is 0 Å². The molecule has 6 rings (SSSR count). The highest BCUT2D eigenvalue weighted by Gasteiger charge is 2.56. The van der Waals surface area contributed by atoms with Gasteiger partial charge in [0.15, 0.2) is 11.9 Å². The smallest absolute Gasteiger partial charge is 0.309 e. The second-order valence-electron chi connectivity index (χ2n) is 10.1. The molecule has 1 saturated heterocycles. The lowest BCUT2D eigenvalue weighted by Crippen LogP contribution is -2.69. The molecule has 1 aliphatic heterocycles. The Hall–Kier alpha value is -1.90. The Balaban J connectivity index is 1.25. The van der Waals surface area contributed by atoms with E-state index in [9.17, 15) is 10.4 Å². The van der Waals surface area contributed by atoms with Crippen LogP contribution >= 0.6 is 0 Å². The largest absolute Gasteiger partial charge is 0.390 e. The van der Waals surface area contributed by atoms with Gasteiger partial charge in [-0.15, -0.1) is 5.26 Å². The van der Waals surface area contributed by atoms with Gasteiger partial charge in [0.1, 0.15) is 13.1 Å². The summed E-state index contributed by atoms with van der Waals surface area (Å²) < 4.78 is 0.333. The van der Waals surface area contributed by atoms with Crippen LogP contribution in [-0.4, -0.2) is 46.2 Å². The van der Waals surface area contributed by atoms with Crippen LogP contribution in [0.1, 0.15) is 50.5 Å². The number of benzene rings is 1. The quantitative estimate of drug-likeness (QED) is 0.326. The fourth-order valence-electron chi connectivity index (χ4n) is 6.92. The van der Waals surface area contributed by atoms with Gasteiger partial charge >= 0.3 is 6.19 Å². The van der Waals surface area contributed by atoms with E-state index in [0.717, 1.165) is 32.4 Å². The van der Waals surface area contributed by atoms with E-state index in [0.29, 0.717) is 40.0 Å². The molecule has 0 aromatic heterocycles. The number of quaternary nitrogens is 1. The molecule has 148 valence electrons. The van der Waals surface area contributed by atoms with E-state index in [-0.39, 0.29) is 6.04 Å². The van der Waals surface area contributed by atoms with E-state index in [1.165, 1.54) is 18.4 Å². The highest BCUT2D eigenvalue weighted by atomic mass is 16.3. The number of nitriles is 1. The van der Waals surface area contributed by atoms with Gasteiger partial charge in [-0.05, 0) is 62.3 Å². The molecular weight excluding hydrogens is 348 g/mol. The number of amidine groups is 1. The Bertz CT molecular complexity index is 794. The summed E-state index contributed by atoms with van der Waals surface area (Å²) in [6.07, 6.45) is 7.64. The van der Waals surface area contributed by atoms with Crippen molar-refractivity contribution in [2.75, 3.05) is 13.1 Å². The molecule has 1 aromatic carbocycles. The molecule has 0 radical (unpaired) electrons. The Kier molecular flexibility index (Phi) is 4.08. The normalized spacial score (nSPS) is 44.4. The summed E-state index contributed by atoms with van der Waals surface area (Å²) in [6, 6.07) is 10.6. The van der Waals surface area contributed by atoms with Crippen LogP contribution in [-0.2, 0) is 0 Å². The van der Waals surface area contributed by atoms with Gasteiger partial charge in [0, 0.05) is 6.04 Å². The fourth-order valence-corrected chi connectivity index (χ4v) is 6.92. The number of hydrogen-bond acceptors (Lipinski definition) is 3. The Morgan fingerprint density at radius 2 is 1.86 bits per heavy atom. The molecule has 3 atom stereocenters. The van der Waals surface area contributed by atoms with E-state index < -0.39 is 5.60 Å². The van der Waals surface area contributed by atoms with Gasteiger partial charge in [-0.1, -0.05) is 30.3 Å². The molecular formula is C23H31N4O+. The standard InChI is InChI=1S/C23H31N4O/c1-15(27(14-24)12-20(13-27)17-5-3-2-4-6-17)22(25)26-21-18-7-16-8-19(21)11-23(28,9-16)10-18/h2-6,15-16,18-21,28H,7-13H2,1H3,(H2,25,26)/q+1. The molecule has 5 nitrogen and oxygen atoms in total. The molecule has 28 heavy (non-hydrogen) atoms. The van der Waals surface area contributed by atoms with Crippen molar-refractivity contribution >= 4 is 5.84 Å². The molecule has 1 aromatic rings.